The third-order valence-corrected chi connectivity index (χ3v) is 5.12. The summed E-state index contributed by atoms with van der Waals surface area (Å²) in [5.74, 6) is -0.428. The topological polar surface area (TPSA) is 84.1 Å². The second-order valence-electron chi connectivity index (χ2n) is 7.22. The summed E-state index contributed by atoms with van der Waals surface area (Å²) >= 11 is 0. The van der Waals surface area contributed by atoms with Crippen molar-refractivity contribution in [3.63, 3.8) is 0 Å². The number of hydrogen-bond donors (Lipinski definition) is 1. The van der Waals surface area contributed by atoms with Gasteiger partial charge in [-0.05, 0) is 31.0 Å². The molecule has 1 saturated heterocycles. The number of fused-ring (bicyclic) bond motifs is 1. The maximum atomic E-state index is 12.9. The van der Waals surface area contributed by atoms with E-state index in [4.69, 9.17) is 0 Å². The van der Waals surface area contributed by atoms with Gasteiger partial charge in [0.25, 0.3) is 0 Å². The molecule has 0 unspecified atom stereocenters. The van der Waals surface area contributed by atoms with Crippen LogP contribution in [0.25, 0.3) is 22.4 Å². The van der Waals surface area contributed by atoms with Crippen LogP contribution >= 0.6 is 0 Å². The van der Waals surface area contributed by atoms with Gasteiger partial charge in [0.15, 0.2) is 5.65 Å². The zero-order valence-corrected chi connectivity index (χ0v) is 15.7. The number of hydrogen-bond acceptors (Lipinski definition) is 5. The van der Waals surface area contributed by atoms with E-state index in [-0.39, 0.29) is 28.8 Å². The van der Waals surface area contributed by atoms with Crippen molar-refractivity contribution in [2.24, 2.45) is 0 Å². The fourth-order valence-electron chi connectivity index (χ4n) is 3.60. The van der Waals surface area contributed by atoms with Crippen LogP contribution in [0.5, 0.6) is 5.75 Å². The minimum absolute atomic E-state index is 0.00152. The molecule has 1 atom stereocenters. The number of alkyl halides is 3. The number of likely N-dealkylation sites (N-methyl/N-ethyl adjacent to an activating group) is 1. The third-order valence-electron chi connectivity index (χ3n) is 5.12. The molecule has 152 valence electrons. The Morgan fingerprint density at radius 2 is 2.03 bits per heavy atom. The molecular weight excluding hydrogens is 387 g/mol. The van der Waals surface area contributed by atoms with Crippen molar-refractivity contribution in [3.8, 4) is 17.0 Å². The largest absolute Gasteiger partial charge is 0.507 e. The van der Waals surface area contributed by atoms with E-state index in [0.717, 1.165) is 6.07 Å². The molecule has 2 aromatic heterocycles. The Kier molecular flexibility index (Phi) is 4.44. The third kappa shape index (κ3) is 3.50. The summed E-state index contributed by atoms with van der Waals surface area (Å²) < 4.78 is 40.6. The van der Waals surface area contributed by atoms with E-state index < -0.39 is 17.5 Å². The Labute approximate surface area is 163 Å². The monoisotopic (exact) mass is 405 g/mol. The number of phenols is 1. The normalized spacial score (nSPS) is 17.9. The first-order valence-electron chi connectivity index (χ1n) is 9.00. The number of nitrogens with zero attached hydrogens (tertiary/aromatic N) is 5. The van der Waals surface area contributed by atoms with Gasteiger partial charge in [0, 0.05) is 25.6 Å². The Morgan fingerprint density at radius 3 is 2.69 bits per heavy atom. The molecule has 0 radical (unpaired) electrons. The highest BCUT2D eigenvalue weighted by molar-refractivity contribution is 5.78. The average Bonchev–Trinajstić information content (AvgIpc) is 3.06. The molecule has 1 aliphatic heterocycles. The number of halogens is 3. The molecule has 1 fully saturated rings. The lowest BCUT2D eigenvalue weighted by molar-refractivity contribution is -0.137. The van der Waals surface area contributed by atoms with Crippen LogP contribution in [0.15, 0.2) is 24.5 Å². The average molecular weight is 405 g/mol. The molecule has 4 rings (SSSR count). The number of carbonyl (C=O) groups excluding carboxylic acids is 1. The van der Waals surface area contributed by atoms with Crippen molar-refractivity contribution in [2.45, 2.75) is 32.0 Å². The summed E-state index contributed by atoms with van der Waals surface area (Å²) in [7, 11) is 1.74. The molecule has 0 aliphatic carbocycles. The van der Waals surface area contributed by atoms with Crippen LogP contribution in [0.4, 0.5) is 13.2 Å². The van der Waals surface area contributed by atoms with E-state index in [1.54, 1.807) is 22.8 Å². The van der Waals surface area contributed by atoms with Gasteiger partial charge in [0.1, 0.15) is 11.3 Å². The minimum Gasteiger partial charge on any atom is -0.507 e. The highest BCUT2D eigenvalue weighted by atomic mass is 19.4. The maximum absolute atomic E-state index is 12.9. The number of phenolic OH excluding ortho intramolecular Hbond substituents is 1. The molecule has 0 saturated carbocycles. The zero-order valence-electron chi connectivity index (χ0n) is 15.7. The van der Waals surface area contributed by atoms with Crippen molar-refractivity contribution in [1.82, 2.24) is 24.6 Å². The standard InChI is InChI=1S/C19H18F3N5O2/c1-10-5-11(19(20,21)22)6-15(28)17(10)13-7-23-14-9-27(25-18(14)24-13)12-3-4-16(29)26(2)8-12/h5-7,9,12,28H,3-4,8H2,1-2H3/t12-/m0/s1. The molecule has 0 spiro atoms. The van der Waals surface area contributed by atoms with Gasteiger partial charge in [-0.25, -0.2) is 9.97 Å². The molecule has 3 aromatic rings. The lowest BCUT2D eigenvalue weighted by atomic mass is 10.0. The van der Waals surface area contributed by atoms with Gasteiger partial charge in [0.2, 0.25) is 5.91 Å². The number of carbonyl (C=O) groups is 1. The van der Waals surface area contributed by atoms with E-state index in [0.29, 0.717) is 36.6 Å². The quantitative estimate of drug-likeness (QED) is 0.707. The van der Waals surface area contributed by atoms with Gasteiger partial charge in [0.05, 0.1) is 29.7 Å². The van der Waals surface area contributed by atoms with Crippen molar-refractivity contribution in [1.29, 1.82) is 0 Å². The highest BCUT2D eigenvalue weighted by Gasteiger charge is 2.32. The first kappa shape index (κ1) is 19.2. The summed E-state index contributed by atoms with van der Waals surface area (Å²) in [6.45, 7) is 2.00. The molecule has 1 aromatic carbocycles. The summed E-state index contributed by atoms with van der Waals surface area (Å²) in [6.07, 6.45) is -0.325. The second-order valence-corrected chi connectivity index (χ2v) is 7.22. The smallest absolute Gasteiger partial charge is 0.416 e. The predicted molar refractivity (Wildman–Crippen MR) is 98.1 cm³/mol. The Hall–Kier alpha value is -3.17. The van der Waals surface area contributed by atoms with Crippen molar-refractivity contribution < 1.29 is 23.1 Å². The van der Waals surface area contributed by atoms with E-state index in [1.807, 2.05) is 0 Å². The van der Waals surface area contributed by atoms with Crippen LogP contribution < -0.4 is 0 Å². The number of benzene rings is 1. The molecule has 1 amide bonds. The number of aromatic nitrogens is 4. The fourth-order valence-corrected chi connectivity index (χ4v) is 3.60. The Balaban J connectivity index is 1.71. The van der Waals surface area contributed by atoms with Gasteiger partial charge < -0.3 is 10.0 Å². The van der Waals surface area contributed by atoms with Gasteiger partial charge >= 0.3 is 6.18 Å². The lowest BCUT2D eigenvalue weighted by Gasteiger charge is -2.29. The first-order chi connectivity index (χ1) is 13.6. The number of aryl methyl sites for hydroxylation is 1. The van der Waals surface area contributed by atoms with Crippen molar-refractivity contribution in [2.75, 3.05) is 13.6 Å². The molecular formula is C19H18F3N5O2. The van der Waals surface area contributed by atoms with E-state index in [1.165, 1.54) is 13.1 Å². The number of piperidine rings is 1. The summed E-state index contributed by atoms with van der Waals surface area (Å²) in [5.41, 5.74) is 0.578. The summed E-state index contributed by atoms with van der Waals surface area (Å²) in [4.78, 5) is 22.0. The van der Waals surface area contributed by atoms with Crippen molar-refractivity contribution >= 4 is 17.1 Å². The lowest BCUT2D eigenvalue weighted by Crippen LogP contribution is -2.38. The van der Waals surface area contributed by atoms with Crippen LogP contribution in [0.3, 0.4) is 0 Å². The number of likely N-dealkylation sites (tertiary alicyclic amines) is 1. The molecule has 10 heteroatoms. The number of rotatable bonds is 2. The van der Waals surface area contributed by atoms with Gasteiger partial charge in [-0.2, -0.15) is 18.3 Å². The van der Waals surface area contributed by atoms with Crippen LogP contribution in [0.1, 0.15) is 30.0 Å². The SMILES string of the molecule is Cc1cc(C(F)(F)F)cc(O)c1-c1cnc2cn([C@H]3CCC(=O)N(C)C3)nc2n1. The highest BCUT2D eigenvalue weighted by Crippen LogP contribution is 2.38. The van der Waals surface area contributed by atoms with Gasteiger partial charge in [-0.3, -0.25) is 9.48 Å². The molecule has 1 aliphatic rings. The number of amides is 1. The van der Waals surface area contributed by atoms with E-state index in [9.17, 15) is 23.1 Å². The summed E-state index contributed by atoms with van der Waals surface area (Å²) in [6, 6.07) is 1.65. The van der Waals surface area contributed by atoms with Crippen LogP contribution in [-0.2, 0) is 11.0 Å². The predicted octanol–water partition coefficient (Wildman–Crippen LogP) is 3.32. The van der Waals surface area contributed by atoms with Crippen molar-refractivity contribution in [3.05, 3.63) is 35.7 Å². The van der Waals surface area contributed by atoms with E-state index in [2.05, 4.69) is 15.1 Å². The first-order valence-corrected chi connectivity index (χ1v) is 9.00. The Morgan fingerprint density at radius 1 is 1.28 bits per heavy atom. The molecule has 7 nitrogen and oxygen atoms in total. The molecule has 0 bridgehead atoms. The van der Waals surface area contributed by atoms with Gasteiger partial charge in [-0.15, -0.1) is 0 Å². The molecule has 3 heterocycles. The summed E-state index contributed by atoms with van der Waals surface area (Å²) in [5, 5.41) is 14.6. The minimum atomic E-state index is -4.55. The fraction of sp³-hybridized carbons (Fsp3) is 0.368. The molecule has 29 heavy (non-hydrogen) atoms. The number of aromatic hydroxyl groups is 1. The second kappa shape index (κ2) is 6.71. The Bertz CT molecular complexity index is 1090. The van der Waals surface area contributed by atoms with Gasteiger partial charge in [-0.1, -0.05) is 0 Å². The van der Waals surface area contributed by atoms with Crippen LogP contribution in [0, 0.1) is 6.92 Å². The zero-order chi connectivity index (χ0) is 20.9. The molecule has 1 N–H and O–H groups in total. The van der Waals surface area contributed by atoms with E-state index >= 15 is 0 Å². The van der Waals surface area contributed by atoms with Crippen LogP contribution in [0.2, 0.25) is 0 Å². The maximum Gasteiger partial charge on any atom is 0.416 e. The van der Waals surface area contributed by atoms with Crippen LogP contribution in [-0.4, -0.2) is 49.3 Å².